The van der Waals surface area contributed by atoms with E-state index in [1.54, 1.807) is 4.90 Å². The Morgan fingerprint density at radius 3 is 2.47 bits per heavy atom. The van der Waals surface area contributed by atoms with Crippen molar-refractivity contribution in [3.8, 4) is 0 Å². The highest BCUT2D eigenvalue weighted by Gasteiger charge is 2.20. The third kappa shape index (κ3) is 4.91. The molecule has 0 aliphatic carbocycles. The van der Waals surface area contributed by atoms with E-state index in [2.05, 4.69) is 17.0 Å². The fourth-order valence-corrected chi connectivity index (χ4v) is 2.29. The highest BCUT2D eigenvalue weighted by Crippen LogP contribution is 2.15. The molecule has 0 spiro atoms. The Balaban J connectivity index is 2.26. The summed E-state index contributed by atoms with van der Waals surface area (Å²) in [6.45, 7) is 3.83. The Hall–Kier alpha value is -0.820. The van der Waals surface area contributed by atoms with Crippen molar-refractivity contribution in [1.29, 1.82) is 0 Å². The summed E-state index contributed by atoms with van der Waals surface area (Å²) in [5.74, 6) is 0.586. The molecule has 0 aromatic heterocycles. The Morgan fingerprint density at radius 1 is 1.35 bits per heavy atom. The summed E-state index contributed by atoms with van der Waals surface area (Å²) in [5.41, 5.74) is 0. The molecule has 1 saturated heterocycles. The summed E-state index contributed by atoms with van der Waals surface area (Å²) in [6, 6.07) is -0.164. The van der Waals surface area contributed by atoms with Crippen LogP contribution in [0.1, 0.15) is 19.8 Å². The third-order valence-corrected chi connectivity index (χ3v) is 4.39. The Bertz CT molecular complexity index is 348. The average molecular weight is 263 g/mol. The first-order valence-electron chi connectivity index (χ1n) is 5.88. The molecular formula is C10H21N3O3S. The maximum Gasteiger partial charge on any atom is 0.317 e. The van der Waals surface area contributed by atoms with E-state index in [4.69, 9.17) is 0 Å². The van der Waals surface area contributed by atoms with Gasteiger partial charge in [-0.25, -0.2) is 17.9 Å². The zero-order chi connectivity index (χ0) is 12.9. The lowest BCUT2D eigenvalue weighted by Gasteiger charge is -2.30. The third-order valence-electron chi connectivity index (χ3n) is 3.03. The van der Waals surface area contributed by atoms with E-state index in [-0.39, 0.29) is 18.3 Å². The van der Waals surface area contributed by atoms with Gasteiger partial charge in [-0.05, 0) is 25.8 Å². The number of nitrogens with zero attached hydrogens (tertiary/aromatic N) is 1. The molecule has 17 heavy (non-hydrogen) atoms. The largest absolute Gasteiger partial charge is 0.337 e. The van der Waals surface area contributed by atoms with Crippen molar-refractivity contribution in [3.05, 3.63) is 0 Å². The number of nitrogens with one attached hydrogen (secondary N) is 2. The number of rotatable bonds is 4. The van der Waals surface area contributed by atoms with Gasteiger partial charge in [0.2, 0.25) is 10.0 Å². The smallest absolute Gasteiger partial charge is 0.317 e. The number of urea groups is 1. The number of carbonyl (C=O) groups excluding carboxylic acids is 1. The first-order chi connectivity index (χ1) is 7.94. The minimum absolute atomic E-state index is 0.0838. The molecule has 1 aliphatic heterocycles. The molecular weight excluding hydrogens is 242 g/mol. The summed E-state index contributed by atoms with van der Waals surface area (Å²) in [6.07, 6.45) is 2.03. The van der Waals surface area contributed by atoms with E-state index in [0.29, 0.717) is 5.92 Å². The van der Waals surface area contributed by atoms with Crippen molar-refractivity contribution in [1.82, 2.24) is 14.9 Å². The van der Waals surface area contributed by atoms with Gasteiger partial charge in [-0.2, -0.15) is 0 Å². The Kier molecular flexibility index (Phi) is 5.20. The van der Waals surface area contributed by atoms with Crippen molar-refractivity contribution in [3.63, 3.8) is 0 Å². The van der Waals surface area contributed by atoms with Crippen LogP contribution in [0.15, 0.2) is 0 Å². The minimum atomic E-state index is -3.24. The van der Waals surface area contributed by atoms with Crippen LogP contribution >= 0.6 is 0 Å². The van der Waals surface area contributed by atoms with Gasteiger partial charge in [0.05, 0.1) is 5.75 Å². The van der Waals surface area contributed by atoms with Gasteiger partial charge < -0.3 is 10.2 Å². The zero-order valence-electron chi connectivity index (χ0n) is 10.4. The van der Waals surface area contributed by atoms with Crippen LogP contribution in [0.4, 0.5) is 4.79 Å². The molecule has 6 nitrogen and oxygen atoms in total. The van der Waals surface area contributed by atoms with Crippen LogP contribution in [0.5, 0.6) is 0 Å². The Morgan fingerprint density at radius 2 is 1.94 bits per heavy atom. The number of sulfonamides is 1. The quantitative estimate of drug-likeness (QED) is 0.748. The van der Waals surface area contributed by atoms with Crippen LogP contribution < -0.4 is 10.0 Å². The van der Waals surface area contributed by atoms with E-state index in [1.807, 2.05) is 0 Å². The van der Waals surface area contributed by atoms with Gasteiger partial charge in [-0.3, -0.25) is 0 Å². The Labute approximate surface area is 103 Å². The van der Waals surface area contributed by atoms with Gasteiger partial charge in [-0.15, -0.1) is 0 Å². The van der Waals surface area contributed by atoms with Gasteiger partial charge >= 0.3 is 6.03 Å². The highest BCUT2D eigenvalue weighted by molar-refractivity contribution is 7.89. The molecule has 0 atom stereocenters. The molecule has 1 fully saturated rings. The molecule has 0 aromatic rings. The summed E-state index contributed by atoms with van der Waals surface area (Å²) < 4.78 is 24.5. The van der Waals surface area contributed by atoms with Crippen molar-refractivity contribution < 1.29 is 13.2 Å². The van der Waals surface area contributed by atoms with E-state index in [1.165, 1.54) is 7.05 Å². The maximum absolute atomic E-state index is 11.7. The van der Waals surface area contributed by atoms with Gasteiger partial charge in [0, 0.05) is 19.6 Å². The predicted octanol–water partition coefficient (Wildman–Crippen LogP) is -0.0229. The molecule has 0 saturated carbocycles. The average Bonchev–Trinajstić information content (AvgIpc) is 2.29. The summed E-state index contributed by atoms with van der Waals surface area (Å²) in [4.78, 5) is 13.4. The topological polar surface area (TPSA) is 78.5 Å². The molecule has 0 bridgehead atoms. The van der Waals surface area contributed by atoms with Crippen LogP contribution in [0, 0.1) is 5.92 Å². The second kappa shape index (κ2) is 6.20. The predicted molar refractivity (Wildman–Crippen MR) is 66.2 cm³/mol. The SMILES string of the molecule is CNS(=O)(=O)CCNC(=O)N1CCC(C)CC1. The molecule has 0 radical (unpaired) electrons. The van der Waals surface area contributed by atoms with Crippen molar-refractivity contribution in [2.75, 3.05) is 32.4 Å². The number of likely N-dealkylation sites (tertiary alicyclic amines) is 1. The molecule has 1 rings (SSSR count). The standard InChI is InChI=1S/C10H21N3O3S/c1-9-3-6-13(7-4-9)10(14)12-5-8-17(15,16)11-2/h9,11H,3-8H2,1-2H3,(H,12,14). The fourth-order valence-electron chi connectivity index (χ4n) is 1.72. The lowest BCUT2D eigenvalue weighted by molar-refractivity contribution is 0.174. The van der Waals surface area contributed by atoms with Crippen LogP contribution in [-0.4, -0.2) is 51.8 Å². The van der Waals surface area contributed by atoms with Crippen LogP contribution in [0.2, 0.25) is 0 Å². The van der Waals surface area contributed by atoms with Crippen LogP contribution in [0.25, 0.3) is 0 Å². The monoisotopic (exact) mass is 263 g/mol. The number of hydrogen-bond acceptors (Lipinski definition) is 3. The molecule has 2 N–H and O–H groups in total. The lowest BCUT2D eigenvalue weighted by atomic mass is 10.00. The highest BCUT2D eigenvalue weighted by atomic mass is 32.2. The molecule has 7 heteroatoms. The number of hydrogen-bond donors (Lipinski definition) is 2. The van der Waals surface area contributed by atoms with Gasteiger partial charge in [0.25, 0.3) is 0 Å². The molecule has 1 aliphatic rings. The summed E-state index contributed by atoms with van der Waals surface area (Å²) in [7, 11) is -1.87. The van der Waals surface area contributed by atoms with Crippen molar-refractivity contribution in [2.24, 2.45) is 5.92 Å². The van der Waals surface area contributed by atoms with Crippen molar-refractivity contribution >= 4 is 16.1 Å². The maximum atomic E-state index is 11.7. The van der Waals surface area contributed by atoms with E-state index in [0.717, 1.165) is 25.9 Å². The summed E-state index contributed by atoms with van der Waals surface area (Å²) in [5, 5.41) is 2.63. The molecule has 1 heterocycles. The second-order valence-corrected chi connectivity index (χ2v) is 6.47. The van der Waals surface area contributed by atoms with Crippen LogP contribution in [-0.2, 0) is 10.0 Å². The second-order valence-electron chi connectivity index (χ2n) is 4.42. The zero-order valence-corrected chi connectivity index (χ0v) is 11.2. The fraction of sp³-hybridized carbons (Fsp3) is 0.900. The number of carbonyl (C=O) groups is 1. The molecule has 0 aromatic carbocycles. The van der Waals surface area contributed by atoms with Crippen molar-refractivity contribution in [2.45, 2.75) is 19.8 Å². The van der Waals surface area contributed by atoms with E-state index >= 15 is 0 Å². The number of piperidine rings is 1. The lowest BCUT2D eigenvalue weighted by Crippen LogP contribution is -2.45. The molecule has 2 amide bonds. The first-order valence-corrected chi connectivity index (χ1v) is 7.54. The van der Waals surface area contributed by atoms with E-state index in [9.17, 15) is 13.2 Å². The van der Waals surface area contributed by atoms with Gasteiger partial charge in [0.15, 0.2) is 0 Å². The molecule has 100 valence electrons. The number of amides is 2. The van der Waals surface area contributed by atoms with Gasteiger partial charge in [-0.1, -0.05) is 6.92 Å². The normalized spacial score (nSPS) is 18.1. The van der Waals surface area contributed by atoms with Crippen LogP contribution in [0.3, 0.4) is 0 Å². The first kappa shape index (κ1) is 14.2. The van der Waals surface area contributed by atoms with E-state index < -0.39 is 10.0 Å². The summed E-state index contributed by atoms with van der Waals surface area (Å²) >= 11 is 0. The minimum Gasteiger partial charge on any atom is -0.337 e. The molecule has 0 unspecified atom stereocenters. The van der Waals surface area contributed by atoms with Gasteiger partial charge in [0.1, 0.15) is 0 Å².